The Kier molecular flexibility index (Phi) is 10.1. The second-order valence-electron chi connectivity index (χ2n) is 10.3. The SMILES string of the molecule is C=CCc1cc(OCCCCCC)ccc1NS(=O)(=O)c1ccc2c(c1)CCN(Cc1ccc(C(F)(F)F)nc1)C2. The van der Waals surface area contributed by atoms with Crippen molar-refractivity contribution in [1.82, 2.24) is 9.88 Å². The van der Waals surface area contributed by atoms with Gasteiger partial charge < -0.3 is 4.74 Å². The first-order valence-electron chi connectivity index (χ1n) is 13.8. The van der Waals surface area contributed by atoms with Crippen LogP contribution < -0.4 is 9.46 Å². The maximum absolute atomic E-state index is 13.3. The Morgan fingerprint density at radius 3 is 2.61 bits per heavy atom. The average molecular weight is 588 g/mol. The zero-order valence-electron chi connectivity index (χ0n) is 23.2. The van der Waals surface area contributed by atoms with E-state index in [2.05, 4.69) is 28.1 Å². The minimum absolute atomic E-state index is 0.178. The molecule has 0 saturated carbocycles. The van der Waals surface area contributed by atoms with Crippen LogP contribution in [0.5, 0.6) is 5.75 Å². The van der Waals surface area contributed by atoms with E-state index in [1.54, 1.807) is 36.4 Å². The number of halogens is 3. The number of nitrogens with zero attached hydrogens (tertiary/aromatic N) is 2. The molecule has 0 aliphatic carbocycles. The van der Waals surface area contributed by atoms with Crippen LogP contribution in [-0.4, -0.2) is 31.5 Å². The number of pyridine rings is 1. The number of hydrogen-bond acceptors (Lipinski definition) is 5. The molecular weight excluding hydrogens is 551 g/mol. The molecule has 0 amide bonds. The third-order valence-corrected chi connectivity index (χ3v) is 8.42. The zero-order valence-corrected chi connectivity index (χ0v) is 24.0. The van der Waals surface area contributed by atoms with Gasteiger partial charge in [0.1, 0.15) is 11.4 Å². The average Bonchev–Trinajstić information content (AvgIpc) is 2.94. The molecular formula is C31H36F3N3O3S. The van der Waals surface area contributed by atoms with Crippen molar-refractivity contribution in [3.05, 3.63) is 95.3 Å². The van der Waals surface area contributed by atoms with E-state index in [4.69, 9.17) is 4.74 Å². The van der Waals surface area contributed by atoms with Crippen molar-refractivity contribution in [3.8, 4) is 5.75 Å². The summed E-state index contributed by atoms with van der Waals surface area (Å²) >= 11 is 0. The highest BCUT2D eigenvalue weighted by Crippen LogP contribution is 2.30. The van der Waals surface area contributed by atoms with Gasteiger partial charge in [0.25, 0.3) is 10.0 Å². The highest BCUT2D eigenvalue weighted by Gasteiger charge is 2.32. The number of unbranched alkanes of at least 4 members (excludes halogenated alkanes) is 3. The molecule has 1 aliphatic heterocycles. The van der Waals surface area contributed by atoms with Crippen LogP contribution in [0, 0.1) is 0 Å². The smallest absolute Gasteiger partial charge is 0.433 e. The lowest BCUT2D eigenvalue weighted by Gasteiger charge is -2.29. The summed E-state index contributed by atoms with van der Waals surface area (Å²) in [5.41, 5.74) is 2.97. The number of sulfonamides is 1. The lowest BCUT2D eigenvalue weighted by atomic mass is 9.99. The summed E-state index contributed by atoms with van der Waals surface area (Å²) in [6, 6.07) is 12.9. The predicted molar refractivity (Wildman–Crippen MR) is 154 cm³/mol. The van der Waals surface area contributed by atoms with Crippen molar-refractivity contribution in [2.24, 2.45) is 0 Å². The number of ether oxygens (including phenoxy) is 1. The molecule has 2 heterocycles. The number of hydrogen-bond donors (Lipinski definition) is 1. The number of aromatic nitrogens is 1. The van der Waals surface area contributed by atoms with Crippen LogP contribution in [-0.2, 0) is 42.1 Å². The normalized spacial score (nSPS) is 14.0. The van der Waals surface area contributed by atoms with Crippen LogP contribution in [0.25, 0.3) is 0 Å². The van der Waals surface area contributed by atoms with E-state index < -0.39 is 21.9 Å². The van der Waals surface area contributed by atoms with Crippen molar-refractivity contribution in [2.45, 2.75) is 69.6 Å². The molecule has 1 aliphatic rings. The molecule has 0 fully saturated rings. The molecule has 6 nitrogen and oxygen atoms in total. The summed E-state index contributed by atoms with van der Waals surface area (Å²) in [4.78, 5) is 5.82. The van der Waals surface area contributed by atoms with Gasteiger partial charge in [-0.3, -0.25) is 14.6 Å². The zero-order chi connectivity index (χ0) is 29.5. The van der Waals surface area contributed by atoms with Crippen molar-refractivity contribution in [1.29, 1.82) is 0 Å². The summed E-state index contributed by atoms with van der Waals surface area (Å²) in [5, 5.41) is 0. The molecule has 0 unspecified atom stereocenters. The van der Waals surface area contributed by atoms with Crippen molar-refractivity contribution in [3.63, 3.8) is 0 Å². The maximum Gasteiger partial charge on any atom is 0.433 e. The summed E-state index contributed by atoms with van der Waals surface area (Å²) < 4.78 is 73.7. The monoisotopic (exact) mass is 587 g/mol. The van der Waals surface area contributed by atoms with Gasteiger partial charge in [0.15, 0.2) is 0 Å². The molecule has 10 heteroatoms. The topological polar surface area (TPSA) is 71.5 Å². The lowest BCUT2D eigenvalue weighted by Crippen LogP contribution is -2.30. The number of allylic oxidation sites excluding steroid dienone is 1. The first-order valence-corrected chi connectivity index (χ1v) is 15.3. The largest absolute Gasteiger partial charge is 0.494 e. The first kappa shape index (κ1) is 30.6. The van der Waals surface area contributed by atoms with Gasteiger partial charge >= 0.3 is 6.18 Å². The summed E-state index contributed by atoms with van der Waals surface area (Å²) in [5.74, 6) is 0.701. The van der Waals surface area contributed by atoms with E-state index in [-0.39, 0.29) is 4.90 Å². The number of rotatable bonds is 13. The van der Waals surface area contributed by atoms with Crippen LogP contribution in [0.2, 0.25) is 0 Å². The molecule has 0 bridgehead atoms. The predicted octanol–water partition coefficient (Wildman–Crippen LogP) is 7.15. The lowest BCUT2D eigenvalue weighted by molar-refractivity contribution is -0.141. The second-order valence-corrected chi connectivity index (χ2v) is 11.9. The van der Waals surface area contributed by atoms with Gasteiger partial charge in [-0.05, 0) is 77.9 Å². The van der Waals surface area contributed by atoms with Crippen molar-refractivity contribution < 1.29 is 26.3 Å². The fraction of sp³-hybridized carbons (Fsp3) is 0.387. The maximum atomic E-state index is 13.3. The molecule has 220 valence electrons. The van der Waals surface area contributed by atoms with Gasteiger partial charge in [0.2, 0.25) is 0 Å². The van der Waals surface area contributed by atoms with Gasteiger partial charge in [-0.25, -0.2) is 8.42 Å². The molecule has 1 N–H and O–H groups in total. The molecule has 3 aromatic rings. The fourth-order valence-electron chi connectivity index (χ4n) is 4.84. The Bertz CT molecular complexity index is 1440. The quantitative estimate of drug-likeness (QED) is 0.170. The third-order valence-electron chi connectivity index (χ3n) is 7.05. The van der Waals surface area contributed by atoms with Crippen LogP contribution >= 0.6 is 0 Å². The van der Waals surface area contributed by atoms with Crippen LogP contribution in [0.15, 0.2) is 72.3 Å². The minimum atomic E-state index is -4.46. The van der Waals surface area contributed by atoms with E-state index in [9.17, 15) is 21.6 Å². The van der Waals surface area contributed by atoms with Crippen LogP contribution in [0.1, 0.15) is 60.6 Å². The van der Waals surface area contributed by atoms with Gasteiger partial charge in [-0.2, -0.15) is 13.2 Å². The second kappa shape index (κ2) is 13.5. The Morgan fingerprint density at radius 2 is 1.90 bits per heavy atom. The van der Waals surface area contributed by atoms with E-state index >= 15 is 0 Å². The molecule has 2 aromatic carbocycles. The molecule has 0 atom stereocenters. The summed E-state index contributed by atoms with van der Waals surface area (Å²) in [6.07, 6.45) is 4.05. The van der Waals surface area contributed by atoms with E-state index in [1.807, 2.05) is 6.07 Å². The minimum Gasteiger partial charge on any atom is -0.494 e. The number of fused-ring (bicyclic) bond motifs is 1. The van der Waals surface area contributed by atoms with Crippen LogP contribution in [0.3, 0.4) is 0 Å². The molecule has 0 saturated heterocycles. The first-order chi connectivity index (χ1) is 19.6. The Hall–Kier alpha value is -3.37. The Balaban J connectivity index is 1.41. The fourth-order valence-corrected chi connectivity index (χ4v) is 5.99. The summed E-state index contributed by atoms with van der Waals surface area (Å²) in [7, 11) is -3.84. The van der Waals surface area contributed by atoms with E-state index in [0.717, 1.165) is 42.0 Å². The van der Waals surface area contributed by atoms with Gasteiger partial charge in [0.05, 0.1) is 17.2 Å². The van der Waals surface area contributed by atoms with Crippen molar-refractivity contribution in [2.75, 3.05) is 17.9 Å². The molecule has 0 radical (unpaired) electrons. The highest BCUT2D eigenvalue weighted by molar-refractivity contribution is 7.92. The van der Waals surface area contributed by atoms with Gasteiger partial charge in [-0.1, -0.05) is 44.4 Å². The van der Waals surface area contributed by atoms with Gasteiger partial charge in [0, 0.05) is 25.8 Å². The van der Waals surface area contributed by atoms with Crippen molar-refractivity contribution >= 4 is 15.7 Å². The summed E-state index contributed by atoms with van der Waals surface area (Å²) in [6.45, 7) is 8.24. The van der Waals surface area contributed by atoms with Gasteiger partial charge in [-0.15, -0.1) is 6.58 Å². The van der Waals surface area contributed by atoms with E-state index in [1.165, 1.54) is 18.7 Å². The number of nitrogens with one attached hydrogen (secondary N) is 1. The Labute approximate surface area is 240 Å². The highest BCUT2D eigenvalue weighted by atomic mass is 32.2. The molecule has 41 heavy (non-hydrogen) atoms. The third kappa shape index (κ3) is 8.33. The molecule has 0 spiro atoms. The van der Waals surface area contributed by atoms with E-state index in [0.29, 0.717) is 56.1 Å². The molecule has 4 rings (SSSR count). The van der Waals surface area contributed by atoms with Crippen LogP contribution in [0.4, 0.5) is 18.9 Å². The standard InChI is InChI=1S/C31H36F3N3O3S/c1-3-5-6-7-17-40-27-11-13-29(25(18-27)8-4-2)36-41(38,39)28-12-10-26-22-37(16-15-24(26)19-28)21-23-9-14-30(35-20-23)31(32,33)34/h4,9-14,18-20,36H,2-3,5-8,15-17,21-22H2,1H3. The number of benzene rings is 2. The molecule has 1 aromatic heterocycles. The Morgan fingerprint density at radius 1 is 1.07 bits per heavy atom. The number of anilines is 1. The number of alkyl halides is 3.